The standard InChI is InChI=1S/C39H47ClN6O6S/c1-24-6-4-8-34(50-3)31-11-9-27(31)18-45-22-39(15-5-7-26-16-29(40)10-12-32(26)39)23-52-35-14-13-33(42-36(35)45)38(48)44-53(49,25(24)2)43-37(47)28-17-41-46(19-28)30-20-51-21-30/h4,8,10,12-14,16-17,19,24-25,27,30-31,34H,5-7,9,11,15,18,20-23H2,1-3H3,(H,43,44,47,48,49)/b8-4+/t24-,25+,27-,31+,34-,39-,53?/m0/s1. The molecule has 1 aromatic carbocycles. The first-order valence-electron chi connectivity index (χ1n) is 18.7. The molecule has 7 atom stereocenters. The van der Waals surface area contributed by atoms with Gasteiger partial charge in [0, 0.05) is 36.8 Å². The number of benzene rings is 1. The van der Waals surface area contributed by atoms with Crippen LogP contribution in [0.15, 0.2) is 59.2 Å². The third-order valence-corrected chi connectivity index (χ3v) is 14.8. The number of carbonyl (C=O) groups excluding carboxylic acids is 2. The Morgan fingerprint density at radius 3 is 2.77 bits per heavy atom. The van der Waals surface area contributed by atoms with Gasteiger partial charge in [-0.1, -0.05) is 36.7 Å². The van der Waals surface area contributed by atoms with Crippen LogP contribution in [0.5, 0.6) is 5.75 Å². The topological polar surface area (TPSA) is 137 Å². The Labute approximate surface area is 315 Å². The van der Waals surface area contributed by atoms with Gasteiger partial charge in [0.15, 0.2) is 11.6 Å². The molecule has 2 aromatic heterocycles. The average molecular weight is 763 g/mol. The summed E-state index contributed by atoms with van der Waals surface area (Å²) in [6.45, 7) is 6.56. The highest BCUT2D eigenvalue weighted by Crippen LogP contribution is 2.46. The summed E-state index contributed by atoms with van der Waals surface area (Å²) in [5, 5.41) is 4.34. The number of hydrogen-bond acceptors (Lipinski definition) is 9. The Balaban J connectivity index is 1.19. The van der Waals surface area contributed by atoms with Gasteiger partial charge in [0.05, 0.1) is 49.0 Å². The van der Waals surface area contributed by atoms with Crippen molar-refractivity contribution >= 4 is 39.1 Å². The quantitative estimate of drug-likeness (QED) is 0.320. The van der Waals surface area contributed by atoms with Gasteiger partial charge in [-0.3, -0.25) is 19.0 Å². The highest BCUT2D eigenvalue weighted by molar-refractivity contribution is 7.93. The van der Waals surface area contributed by atoms with E-state index in [1.807, 2.05) is 13.0 Å². The van der Waals surface area contributed by atoms with Crippen molar-refractivity contribution in [3.63, 3.8) is 0 Å². The predicted octanol–water partition coefficient (Wildman–Crippen LogP) is 5.95. The molecule has 3 aromatic rings. The Morgan fingerprint density at radius 1 is 1.17 bits per heavy atom. The van der Waals surface area contributed by atoms with E-state index in [-0.39, 0.29) is 34.7 Å². The minimum atomic E-state index is -3.67. The van der Waals surface area contributed by atoms with Crippen molar-refractivity contribution in [2.45, 2.75) is 75.2 Å². The molecule has 2 amide bonds. The fourth-order valence-electron chi connectivity index (χ4n) is 8.56. The Bertz CT molecular complexity index is 2060. The van der Waals surface area contributed by atoms with Crippen LogP contribution in [0.25, 0.3) is 0 Å². The number of halogens is 1. The zero-order valence-electron chi connectivity index (χ0n) is 30.4. The number of anilines is 1. The first kappa shape index (κ1) is 36.2. The van der Waals surface area contributed by atoms with Crippen LogP contribution in [0.1, 0.15) is 84.0 Å². The number of methoxy groups -OCH3 is 1. The minimum absolute atomic E-state index is 0.0377. The zero-order chi connectivity index (χ0) is 36.9. The van der Waals surface area contributed by atoms with E-state index in [1.54, 1.807) is 37.0 Å². The molecule has 1 spiro atoms. The van der Waals surface area contributed by atoms with E-state index in [2.05, 4.69) is 43.4 Å². The summed E-state index contributed by atoms with van der Waals surface area (Å²) in [5.74, 6) is 0.201. The highest BCUT2D eigenvalue weighted by atomic mass is 35.5. The predicted molar refractivity (Wildman–Crippen MR) is 202 cm³/mol. The molecular weight excluding hydrogens is 716 g/mol. The van der Waals surface area contributed by atoms with Crippen LogP contribution in [-0.2, 0) is 31.2 Å². The van der Waals surface area contributed by atoms with E-state index >= 15 is 0 Å². The van der Waals surface area contributed by atoms with Crippen LogP contribution >= 0.6 is 11.6 Å². The van der Waals surface area contributed by atoms with Crippen LogP contribution in [0.4, 0.5) is 5.82 Å². The highest BCUT2D eigenvalue weighted by Gasteiger charge is 2.45. The summed E-state index contributed by atoms with van der Waals surface area (Å²) < 4.78 is 41.5. The first-order chi connectivity index (χ1) is 25.6. The van der Waals surface area contributed by atoms with Gasteiger partial charge in [-0.05, 0) is 98.6 Å². The molecule has 5 heterocycles. The number of ether oxygens (including phenoxy) is 3. The number of carbonyl (C=O) groups is 2. The Kier molecular flexibility index (Phi) is 9.88. The molecule has 1 saturated heterocycles. The molecule has 2 fully saturated rings. The Hall–Kier alpha value is -3.78. The summed E-state index contributed by atoms with van der Waals surface area (Å²) in [4.78, 5) is 34.9. The van der Waals surface area contributed by atoms with Crippen LogP contribution in [0.3, 0.4) is 0 Å². The molecule has 2 bridgehead atoms. The summed E-state index contributed by atoms with van der Waals surface area (Å²) in [6, 6.07) is 9.57. The molecule has 12 nitrogen and oxygen atoms in total. The second kappa shape index (κ2) is 14.5. The van der Waals surface area contributed by atoms with Crippen LogP contribution in [0, 0.1) is 17.8 Å². The number of pyridine rings is 1. The smallest absolute Gasteiger partial charge is 0.305 e. The maximum absolute atomic E-state index is 14.9. The minimum Gasteiger partial charge on any atom is -0.489 e. The molecule has 5 aliphatic rings. The lowest BCUT2D eigenvalue weighted by Gasteiger charge is -2.45. The number of aryl methyl sites for hydroxylation is 1. The largest absolute Gasteiger partial charge is 0.489 e. The number of hydrogen-bond donors (Lipinski definition) is 1. The summed E-state index contributed by atoms with van der Waals surface area (Å²) >= 11 is 6.46. The summed E-state index contributed by atoms with van der Waals surface area (Å²) in [5.41, 5.74) is 2.44. The van der Waals surface area contributed by atoms with Gasteiger partial charge in [0.1, 0.15) is 15.6 Å². The number of aromatic nitrogens is 3. The van der Waals surface area contributed by atoms with Gasteiger partial charge in [0.25, 0.3) is 5.91 Å². The normalized spacial score (nSPS) is 32.2. The summed E-state index contributed by atoms with van der Waals surface area (Å²) in [6.07, 6.45) is 12.7. The maximum atomic E-state index is 14.9. The third-order valence-electron chi connectivity index (χ3n) is 12.2. The number of allylic oxidation sites excluding steroid dienone is 1. The second-order valence-electron chi connectivity index (χ2n) is 15.5. The molecule has 2 aliphatic carbocycles. The van der Waals surface area contributed by atoms with Gasteiger partial charge < -0.3 is 19.1 Å². The summed E-state index contributed by atoms with van der Waals surface area (Å²) in [7, 11) is -1.91. The van der Waals surface area contributed by atoms with Crippen molar-refractivity contribution in [2.24, 2.45) is 22.1 Å². The number of nitrogens with one attached hydrogen (secondary N) is 1. The van der Waals surface area contributed by atoms with Gasteiger partial charge in [-0.2, -0.15) is 5.10 Å². The van der Waals surface area contributed by atoms with E-state index in [9.17, 15) is 13.8 Å². The fraction of sp³-hybridized carbons (Fsp3) is 0.538. The van der Waals surface area contributed by atoms with Crippen molar-refractivity contribution in [3.8, 4) is 5.75 Å². The van der Waals surface area contributed by atoms with E-state index in [4.69, 9.17) is 30.8 Å². The lowest BCUT2D eigenvalue weighted by molar-refractivity contribution is -0.0286. The lowest BCUT2D eigenvalue weighted by atomic mass is 9.68. The average Bonchev–Trinajstić information content (AvgIpc) is 3.53. The molecule has 282 valence electrons. The fourth-order valence-corrected chi connectivity index (χ4v) is 10.6. The molecule has 1 saturated carbocycles. The maximum Gasteiger partial charge on any atom is 0.305 e. The van der Waals surface area contributed by atoms with Gasteiger partial charge >= 0.3 is 5.91 Å². The van der Waals surface area contributed by atoms with Crippen LogP contribution < -0.4 is 14.4 Å². The lowest BCUT2D eigenvalue weighted by Crippen LogP contribution is -2.49. The van der Waals surface area contributed by atoms with Crippen molar-refractivity contribution in [3.05, 3.63) is 82.3 Å². The SMILES string of the molecule is CO[C@H]1/C=C/C[C@H](C)[C@@H](C)S(=O)(NC(=O)c2cnn(C3COC3)c2)=NC(=O)c2ccc3c(n2)N(C[C@@H]2CC[C@H]21)C[C@@]1(CCCc2cc(Cl)ccc21)CO3. The van der Waals surface area contributed by atoms with Crippen LogP contribution in [-0.4, -0.2) is 82.2 Å². The molecule has 0 radical (unpaired) electrons. The van der Waals surface area contributed by atoms with Gasteiger partial charge in [-0.15, -0.1) is 4.36 Å². The van der Waals surface area contributed by atoms with Crippen LogP contribution in [0.2, 0.25) is 5.02 Å². The molecule has 3 aliphatic heterocycles. The number of fused-ring (bicyclic) bond motifs is 4. The number of amides is 2. The van der Waals surface area contributed by atoms with Crippen molar-refractivity contribution < 1.29 is 28.0 Å². The van der Waals surface area contributed by atoms with Crippen molar-refractivity contribution in [1.82, 2.24) is 19.5 Å². The van der Waals surface area contributed by atoms with E-state index in [0.29, 0.717) is 62.7 Å². The van der Waals surface area contributed by atoms with Gasteiger partial charge in [0.2, 0.25) is 0 Å². The van der Waals surface area contributed by atoms with E-state index < -0.39 is 27.0 Å². The van der Waals surface area contributed by atoms with Crippen molar-refractivity contribution in [1.29, 1.82) is 0 Å². The number of rotatable bonds is 4. The van der Waals surface area contributed by atoms with E-state index in [0.717, 1.165) is 37.1 Å². The first-order valence-corrected chi connectivity index (χ1v) is 20.6. The number of nitrogens with zero attached hydrogens (tertiary/aromatic N) is 5. The molecule has 1 N–H and O–H groups in total. The zero-order valence-corrected chi connectivity index (χ0v) is 32.0. The third kappa shape index (κ3) is 6.90. The second-order valence-corrected chi connectivity index (χ2v) is 18.2. The molecular formula is C39H47ClN6O6S. The molecule has 14 heteroatoms. The van der Waals surface area contributed by atoms with E-state index in [1.165, 1.54) is 17.3 Å². The molecule has 53 heavy (non-hydrogen) atoms. The van der Waals surface area contributed by atoms with Gasteiger partial charge in [-0.25, -0.2) is 9.19 Å². The van der Waals surface area contributed by atoms with Crippen molar-refractivity contribution in [2.75, 3.05) is 44.9 Å². The Morgan fingerprint density at radius 2 is 2.02 bits per heavy atom. The monoisotopic (exact) mass is 762 g/mol. The molecule has 8 rings (SSSR count). The molecule has 1 unspecified atom stereocenters.